The average molecular weight is 293 g/mol. The van der Waals surface area contributed by atoms with Gasteiger partial charge in [-0.2, -0.15) is 5.10 Å². The zero-order valence-corrected chi connectivity index (χ0v) is 13.0. The summed E-state index contributed by atoms with van der Waals surface area (Å²) in [7, 11) is -1.89. The predicted molar refractivity (Wildman–Crippen MR) is 79.3 cm³/mol. The number of hydrogen-bond acceptors (Lipinski definition) is 3. The van der Waals surface area contributed by atoms with Gasteiger partial charge < -0.3 is 0 Å². The summed E-state index contributed by atoms with van der Waals surface area (Å²) in [6.07, 6.45) is 2.15. The lowest BCUT2D eigenvalue weighted by Gasteiger charge is -2.14. The zero-order valence-electron chi connectivity index (χ0n) is 12.1. The lowest BCUT2D eigenvalue weighted by atomic mass is 10.1. The smallest absolute Gasteiger partial charge is 0.265 e. The molecule has 0 amide bonds. The van der Waals surface area contributed by atoms with Gasteiger partial charge in [0.2, 0.25) is 0 Å². The summed E-state index contributed by atoms with van der Waals surface area (Å²) in [5, 5.41) is 3.99. The van der Waals surface area contributed by atoms with Gasteiger partial charge in [0.05, 0.1) is 17.6 Å². The Kier molecular flexibility index (Phi) is 3.85. The second-order valence-electron chi connectivity index (χ2n) is 4.79. The number of hydrogen-bond donors (Lipinski definition) is 1. The number of sulfonamides is 1. The Morgan fingerprint density at radius 3 is 2.55 bits per heavy atom. The topological polar surface area (TPSA) is 64.0 Å². The Balaban J connectivity index is 2.46. The van der Waals surface area contributed by atoms with Crippen LogP contribution in [0.15, 0.2) is 29.3 Å². The van der Waals surface area contributed by atoms with Gasteiger partial charge in [-0.05, 0) is 31.4 Å². The Labute approximate surface area is 119 Å². The van der Waals surface area contributed by atoms with Crippen LogP contribution in [-0.4, -0.2) is 18.2 Å². The highest BCUT2D eigenvalue weighted by molar-refractivity contribution is 7.92. The van der Waals surface area contributed by atoms with Crippen LogP contribution in [0.25, 0.3) is 0 Å². The van der Waals surface area contributed by atoms with Crippen LogP contribution in [0.4, 0.5) is 5.69 Å². The van der Waals surface area contributed by atoms with E-state index in [1.807, 2.05) is 32.0 Å². The van der Waals surface area contributed by atoms with E-state index in [-0.39, 0.29) is 4.90 Å². The molecule has 1 heterocycles. The molecule has 0 saturated heterocycles. The van der Waals surface area contributed by atoms with Crippen LogP contribution in [0.2, 0.25) is 0 Å². The molecule has 108 valence electrons. The molecule has 0 aliphatic rings. The predicted octanol–water partition coefficient (Wildman–Crippen LogP) is 2.40. The number of aryl methyl sites for hydroxylation is 3. The highest BCUT2D eigenvalue weighted by Crippen LogP contribution is 2.25. The number of rotatable bonds is 4. The van der Waals surface area contributed by atoms with Crippen molar-refractivity contribution in [1.82, 2.24) is 9.78 Å². The minimum absolute atomic E-state index is 0.213. The van der Waals surface area contributed by atoms with Crippen molar-refractivity contribution >= 4 is 15.7 Å². The van der Waals surface area contributed by atoms with Crippen LogP contribution in [0.1, 0.15) is 23.7 Å². The molecule has 5 nitrogen and oxygen atoms in total. The van der Waals surface area contributed by atoms with Gasteiger partial charge in [-0.1, -0.05) is 25.1 Å². The molecule has 0 aliphatic carbocycles. The number of aromatic nitrogens is 2. The number of nitrogens with one attached hydrogen (secondary N) is 1. The molecular formula is C14H19N3O2S. The number of benzene rings is 1. The maximum atomic E-state index is 12.5. The molecule has 2 aromatic rings. The summed E-state index contributed by atoms with van der Waals surface area (Å²) >= 11 is 0. The molecule has 0 atom stereocenters. The van der Waals surface area contributed by atoms with Crippen LogP contribution in [0.3, 0.4) is 0 Å². The first-order valence-electron chi connectivity index (χ1n) is 6.46. The summed E-state index contributed by atoms with van der Waals surface area (Å²) < 4.78 is 29.2. The van der Waals surface area contributed by atoms with Crippen molar-refractivity contribution in [2.24, 2.45) is 7.05 Å². The maximum Gasteiger partial charge on any atom is 0.265 e. The molecule has 0 unspecified atom stereocenters. The Morgan fingerprint density at radius 2 is 2.00 bits per heavy atom. The lowest BCUT2D eigenvalue weighted by Crippen LogP contribution is -2.16. The molecule has 0 spiro atoms. The first kappa shape index (κ1) is 14.6. The zero-order chi connectivity index (χ0) is 14.9. The van der Waals surface area contributed by atoms with Gasteiger partial charge >= 0.3 is 0 Å². The van der Waals surface area contributed by atoms with E-state index in [4.69, 9.17) is 0 Å². The summed E-state index contributed by atoms with van der Waals surface area (Å²) in [5.41, 5.74) is 3.17. The van der Waals surface area contributed by atoms with Crippen LogP contribution < -0.4 is 4.72 Å². The van der Waals surface area contributed by atoms with Gasteiger partial charge in [0, 0.05) is 7.05 Å². The van der Waals surface area contributed by atoms with Gasteiger partial charge in [-0.15, -0.1) is 0 Å². The second-order valence-corrected chi connectivity index (χ2v) is 6.44. The second kappa shape index (κ2) is 5.28. The highest BCUT2D eigenvalue weighted by atomic mass is 32.2. The molecule has 1 aromatic heterocycles. The van der Waals surface area contributed by atoms with Crippen molar-refractivity contribution in [1.29, 1.82) is 0 Å². The molecule has 0 aliphatic heterocycles. The van der Waals surface area contributed by atoms with E-state index in [0.717, 1.165) is 17.5 Å². The summed E-state index contributed by atoms with van der Waals surface area (Å²) in [4.78, 5) is 0.213. The van der Waals surface area contributed by atoms with Crippen LogP contribution in [0.5, 0.6) is 0 Å². The lowest BCUT2D eigenvalue weighted by molar-refractivity contribution is 0.600. The van der Waals surface area contributed by atoms with Crippen molar-refractivity contribution in [3.8, 4) is 0 Å². The average Bonchev–Trinajstić information content (AvgIpc) is 2.73. The number of anilines is 1. The van der Waals surface area contributed by atoms with Gasteiger partial charge in [0.15, 0.2) is 0 Å². The fraction of sp³-hybridized carbons (Fsp3) is 0.357. The Bertz CT molecular complexity index is 733. The molecule has 0 bridgehead atoms. The number of para-hydroxylation sites is 1. The van der Waals surface area contributed by atoms with Crippen molar-refractivity contribution < 1.29 is 8.42 Å². The van der Waals surface area contributed by atoms with E-state index in [9.17, 15) is 8.42 Å². The fourth-order valence-corrected chi connectivity index (χ4v) is 3.48. The molecule has 1 N–H and O–H groups in total. The standard InChI is InChI=1S/C14H19N3O2S/c1-5-12-8-6-7-10(2)14(12)16-20(18,19)13-9-15-17(4)11(13)3/h6-9,16H,5H2,1-4H3. The van der Waals surface area contributed by atoms with E-state index < -0.39 is 10.0 Å². The van der Waals surface area contributed by atoms with Crippen molar-refractivity contribution in [3.63, 3.8) is 0 Å². The highest BCUT2D eigenvalue weighted by Gasteiger charge is 2.21. The van der Waals surface area contributed by atoms with E-state index in [1.54, 1.807) is 18.7 Å². The van der Waals surface area contributed by atoms with Crippen LogP contribution in [0, 0.1) is 13.8 Å². The summed E-state index contributed by atoms with van der Waals surface area (Å²) in [6, 6.07) is 5.76. The van der Waals surface area contributed by atoms with Crippen molar-refractivity contribution in [2.75, 3.05) is 4.72 Å². The molecular weight excluding hydrogens is 274 g/mol. The van der Waals surface area contributed by atoms with Crippen LogP contribution in [-0.2, 0) is 23.5 Å². The van der Waals surface area contributed by atoms with Crippen molar-refractivity contribution in [2.45, 2.75) is 32.1 Å². The maximum absolute atomic E-state index is 12.5. The molecule has 0 saturated carbocycles. The molecule has 20 heavy (non-hydrogen) atoms. The molecule has 0 fully saturated rings. The van der Waals surface area contributed by atoms with Crippen LogP contribution >= 0.6 is 0 Å². The summed E-state index contributed by atoms with van der Waals surface area (Å²) in [6.45, 7) is 5.63. The van der Waals surface area contributed by atoms with E-state index in [2.05, 4.69) is 9.82 Å². The summed E-state index contributed by atoms with van der Waals surface area (Å²) in [5.74, 6) is 0. The Morgan fingerprint density at radius 1 is 1.30 bits per heavy atom. The number of nitrogens with zero attached hydrogens (tertiary/aromatic N) is 2. The van der Waals surface area contributed by atoms with E-state index >= 15 is 0 Å². The third-order valence-corrected chi connectivity index (χ3v) is 4.91. The minimum atomic E-state index is -3.61. The monoisotopic (exact) mass is 293 g/mol. The Hall–Kier alpha value is -1.82. The third kappa shape index (κ3) is 2.56. The molecule has 6 heteroatoms. The van der Waals surface area contributed by atoms with E-state index in [1.165, 1.54) is 6.20 Å². The van der Waals surface area contributed by atoms with Gasteiger partial charge in [0.25, 0.3) is 10.0 Å². The fourth-order valence-electron chi connectivity index (χ4n) is 2.10. The molecule has 0 radical (unpaired) electrons. The van der Waals surface area contributed by atoms with Gasteiger partial charge in [0.1, 0.15) is 4.90 Å². The van der Waals surface area contributed by atoms with E-state index in [0.29, 0.717) is 11.4 Å². The molecule has 1 aromatic carbocycles. The molecule has 2 rings (SSSR count). The quantitative estimate of drug-likeness (QED) is 0.941. The van der Waals surface area contributed by atoms with Gasteiger partial charge in [-0.3, -0.25) is 9.40 Å². The minimum Gasteiger partial charge on any atom is -0.279 e. The first-order chi connectivity index (χ1) is 9.36. The van der Waals surface area contributed by atoms with Gasteiger partial charge in [-0.25, -0.2) is 8.42 Å². The largest absolute Gasteiger partial charge is 0.279 e. The van der Waals surface area contributed by atoms with Crippen molar-refractivity contribution in [3.05, 3.63) is 41.2 Å². The normalized spacial score (nSPS) is 11.6. The third-order valence-electron chi connectivity index (χ3n) is 3.46. The SMILES string of the molecule is CCc1cccc(C)c1NS(=O)(=O)c1cnn(C)c1C. The first-order valence-corrected chi connectivity index (χ1v) is 7.95.